The van der Waals surface area contributed by atoms with Crippen molar-refractivity contribution >= 4 is 22.9 Å². The van der Waals surface area contributed by atoms with Crippen LogP contribution in [0.4, 0.5) is 11.8 Å². The lowest BCUT2D eigenvalue weighted by atomic mass is 9.89. The molecule has 3 aromatic rings. The number of ether oxygens (including phenoxy) is 1. The average molecular weight is 396 g/mol. The van der Waals surface area contributed by atoms with E-state index in [0.29, 0.717) is 18.1 Å². The van der Waals surface area contributed by atoms with Crippen molar-refractivity contribution in [2.24, 2.45) is 5.92 Å². The summed E-state index contributed by atoms with van der Waals surface area (Å²) in [6.45, 7) is 1.41. The Labute approximate surface area is 170 Å². The summed E-state index contributed by atoms with van der Waals surface area (Å²) in [5.74, 6) is 2.34. The molecule has 4 N–H and O–H groups in total. The predicted molar refractivity (Wildman–Crippen MR) is 113 cm³/mol. The molecule has 0 aliphatic heterocycles. The van der Waals surface area contributed by atoms with Crippen LogP contribution in [0.5, 0.6) is 5.75 Å². The van der Waals surface area contributed by atoms with Gasteiger partial charge < -0.3 is 25.5 Å². The number of benzene rings is 1. The van der Waals surface area contributed by atoms with Gasteiger partial charge in [-0.2, -0.15) is 9.97 Å². The van der Waals surface area contributed by atoms with Crippen LogP contribution in [0, 0.1) is 5.92 Å². The van der Waals surface area contributed by atoms with Crippen molar-refractivity contribution in [3.63, 3.8) is 0 Å². The van der Waals surface area contributed by atoms with Crippen LogP contribution in [-0.4, -0.2) is 38.3 Å². The van der Waals surface area contributed by atoms with Gasteiger partial charge in [-0.3, -0.25) is 0 Å². The number of aliphatic hydroxyl groups excluding tert-OH is 1. The number of fused-ring (bicyclic) bond motifs is 1. The van der Waals surface area contributed by atoms with Crippen LogP contribution in [-0.2, 0) is 13.2 Å². The van der Waals surface area contributed by atoms with Crippen LogP contribution in [0.3, 0.4) is 0 Å². The average Bonchev–Trinajstić information content (AvgIpc) is 3.15. The fourth-order valence-electron chi connectivity index (χ4n) is 4.07. The number of aliphatic hydroxyl groups is 1. The van der Waals surface area contributed by atoms with E-state index in [-0.39, 0.29) is 12.6 Å². The zero-order valence-corrected chi connectivity index (χ0v) is 16.8. The summed E-state index contributed by atoms with van der Waals surface area (Å²) in [5, 5.41) is 12.9. The molecule has 1 aromatic carbocycles. The van der Waals surface area contributed by atoms with Crippen molar-refractivity contribution in [2.45, 2.75) is 45.3 Å². The summed E-state index contributed by atoms with van der Waals surface area (Å²) in [6, 6.07) is 5.71. The van der Waals surface area contributed by atoms with E-state index in [4.69, 9.17) is 10.5 Å². The Morgan fingerprint density at radius 3 is 2.83 bits per heavy atom. The van der Waals surface area contributed by atoms with Crippen LogP contribution in [0.1, 0.15) is 43.2 Å². The molecule has 0 spiro atoms. The second-order valence-electron chi connectivity index (χ2n) is 7.66. The summed E-state index contributed by atoms with van der Waals surface area (Å²) in [7, 11) is 1.63. The van der Waals surface area contributed by atoms with E-state index in [9.17, 15) is 5.11 Å². The molecule has 0 unspecified atom stereocenters. The van der Waals surface area contributed by atoms with E-state index in [1.807, 2.05) is 22.8 Å². The van der Waals surface area contributed by atoms with E-state index >= 15 is 0 Å². The van der Waals surface area contributed by atoms with Gasteiger partial charge in [0.05, 0.1) is 26.6 Å². The first-order valence-electron chi connectivity index (χ1n) is 10.2. The minimum absolute atomic E-state index is 0.0208. The van der Waals surface area contributed by atoms with Gasteiger partial charge in [0.25, 0.3) is 0 Å². The third kappa shape index (κ3) is 4.27. The van der Waals surface area contributed by atoms with Gasteiger partial charge >= 0.3 is 0 Å². The molecule has 154 valence electrons. The number of nitrogen functional groups attached to an aromatic ring is 1. The number of imidazole rings is 1. The molecule has 8 nitrogen and oxygen atoms in total. The van der Waals surface area contributed by atoms with Crippen LogP contribution < -0.4 is 15.8 Å². The van der Waals surface area contributed by atoms with Crippen LogP contribution >= 0.6 is 0 Å². The Morgan fingerprint density at radius 1 is 1.24 bits per heavy atom. The van der Waals surface area contributed by atoms with Crippen molar-refractivity contribution in [1.82, 2.24) is 19.5 Å². The summed E-state index contributed by atoms with van der Waals surface area (Å²) < 4.78 is 7.52. The number of nitrogens with two attached hydrogens (primary N) is 1. The molecule has 1 fully saturated rings. The molecule has 0 radical (unpaired) electrons. The van der Waals surface area contributed by atoms with Crippen LogP contribution in [0.2, 0.25) is 0 Å². The van der Waals surface area contributed by atoms with E-state index in [1.54, 1.807) is 13.4 Å². The maximum absolute atomic E-state index is 9.37. The maximum Gasteiger partial charge on any atom is 0.224 e. The summed E-state index contributed by atoms with van der Waals surface area (Å²) in [4.78, 5) is 13.2. The van der Waals surface area contributed by atoms with Gasteiger partial charge in [-0.15, -0.1) is 0 Å². The second kappa shape index (κ2) is 8.65. The molecule has 2 aromatic heterocycles. The molecule has 0 bridgehead atoms. The number of rotatable bonds is 7. The third-order valence-electron chi connectivity index (χ3n) is 5.65. The third-order valence-corrected chi connectivity index (χ3v) is 5.65. The molecule has 0 amide bonds. The Morgan fingerprint density at radius 2 is 2.07 bits per heavy atom. The lowest BCUT2D eigenvalue weighted by molar-refractivity contribution is 0.281. The summed E-state index contributed by atoms with van der Waals surface area (Å²) >= 11 is 0. The molecule has 1 aliphatic rings. The molecular weight excluding hydrogens is 368 g/mol. The molecule has 2 heterocycles. The van der Waals surface area contributed by atoms with E-state index in [1.165, 1.54) is 32.1 Å². The number of hydrogen-bond donors (Lipinski definition) is 3. The van der Waals surface area contributed by atoms with E-state index in [0.717, 1.165) is 34.8 Å². The zero-order valence-electron chi connectivity index (χ0n) is 16.8. The highest BCUT2D eigenvalue weighted by Crippen LogP contribution is 2.28. The molecule has 1 saturated carbocycles. The van der Waals surface area contributed by atoms with Crippen molar-refractivity contribution in [3.05, 3.63) is 35.7 Å². The van der Waals surface area contributed by atoms with Crippen molar-refractivity contribution < 1.29 is 9.84 Å². The van der Waals surface area contributed by atoms with Crippen molar-refractivity contribution in [2.75, 3.05) is 24.7 Å². The number of anilines is 2. The first-order chi connectivity index (χ1) is 14.2. The molecule has 8 heteroatoms. The zero-order chi connectivity index (χ0) is 20.2. The molecule has 0 saturated heterocycles. The van der Waals surface area contributed by atoms with Crippen molar-refractivity contribution in [3.8, 4) is 5.75 Å². The van der Waals surface area contributed by atoms with E-state index < -0.39 is 0 Å². The largest absolute Gasteiger partial charge is 0.496 e. The molecule has 29 heavy (non-hydrogen) atoms. The molecular formula is C21H28N6O2. The van der Waals surface area contributed by atoms with Crippen LogP contribution in [0.25, 0.3) is 11.2 Å². The fraction of sp³-hybridized carbons (Fsp3) is 0.476. The number of nitrogens with one attached hydrogen (secondary N) is 1. The van der Waals surface area contributed by atoms with Gasteiger partial charge in [-0.05, 0) is 30.4 Å². The van der Waals surface area contributed by atoms with Crippen molar-refractivity contribution in [1.29, 1.82) is 0 Å². The normalized spacial score (nSPS) is 15.0. The predicted octanol–water partition coefficient (Wildman–Crippen LogP) is 2.95. The summed E-state index contributed by atoms with van der Waals surface area (Å²) in [6.07, 6.45) is 8.20. The lowest BCUT2D eigenvalue weighted by Gasteiger charge is -2.22. The fourth-order valence-corrected chi connectivity index (χ4v) is 4.07. The lowest BCUT2D eigenvalue weighted by Crippen LogP contribution is -2.18. The Balaban J connectivity index is 1.63. The molecule has 1 aliphatic carbocycles. The summed E-state index contributed by atoms with van der Waals surface area (Å²) in [5.41, 5.74) is 9.13. The van der Waals surface area contributed by atoms with Gasteiger partial charge in [0, 0.05) is 12.1 Å². The highest BCUT2D eigenvalue weighted by atomic mass is 16.5. The quantitative estimate of drug-likeness (QED) is 0.563. The highest BCUT2D eigenvalue weighted by molar-refractivity contribution is 5.84. The van der Waals surface area contributed by atoms with Gasteiger partial charge in [-0.1, -0.05) is 31.4 Å². The van der Waals surface area contributed by atoms with Crippen LogP contribution in [0.15, 0.2) is 24.5 Å². The van der Waals surface area contributed by atoms with Gasteiger partial charge in [0.15, 0.2) is 11.5 Å². The van der Waals surface area contributed by atoms with E-state index in [2.05, 4.69) is 20.3 Å². The second-order valence-corrected chi connectivity index (χ2v) is 7.66. The standard InChI is InChI=1S/C21H28N6O2/c1-29-17-9-15(12-28)7-8-16(17)11-27-13-24-20-18(27)19(25-21(22)26-20)23-10-14-5-3-2-4-6-14/h7-9,13-14,28H,2-6,10-12H2,1H3,(H3,22,23,25,26). The highest BCUT2D eigenvalue weighted by Gasteiger charge is 2.17. The van der Waals surface area contributed by atoms with Gasteiger partial charge in [0.1, 0.15) is 11.3 Å². The number of hydrogen-bond acceptors (Lipinski definition) is 7. The number of aromatic nitrogens is 4. The van der Waals surface area contributed by atoms with Gasteiger partial charge in [0.2, 0.25) is 5.95 Å². The Bertz CT molecular complexity index is 981. The smallest absolute Gasteiger partial charge is 0.224 e. The molecule has 4 rings (SSSR count). The Kier molecular flexibility index (Phi) is 5.80. The Hall–Kier alpha value is -2.87. The monoisotopic (exact) mass is 396 g/mol. The first-order valence-corrected chi connectivity index (χ1v) is 10.2. The molecule has 0 atom stereocenters. The number of methoxy groups -OCH3 is 1. The van der Waals surface area contributed by atoms with Gasteiger partial charge in [-0.25, -0.2) is 4.98 Å². The SMILES string of the molecule is COc1cc(CO)ccc1Cn1cnc2nc(N)nc(NCC3CCCCC3)c21. The number of nitrogens with zero attached hydrogens (tertiary/aromatic N) is 4. The topological polar surface area (TPSA) is 111 Å². The minimum Gasteiger partial charge on any atom is -0.496 e. The maximum atomic E-state index is 9.37. The minimum atomic E-state index is -0.0208. The first kappa shape index (κ1) is 19.4.